The lowest BCUT2D eigenvalue weighted by Crippen LogP contribution is -2.33. The predicted octanol–water partition coefficient (Wildman–Crippen LogP) is 2.13. The standard InChI is InChI=1S/C13H20N4/c1-17(11-5-3-2-4-6-11)12-8-7-10(9-16-12)13(14)15/h7-9,11H,2-6H2,1H3,(H3,14,15). The lowest BCUT2D eigenvalue weighted by molar-refractivity contribution is 0.426. The smallest absolute Gasteiger partial charge is 0.128 e. The summed E-state index contributed by atoms with van der Waals surface area (Å²) >= 11 is 0. The van der Waals surface area contributed by atoms with E-state index in [1.165, 1.54) is 32.1 Å². The molecule has 0 radical (unpaired) electrons. The fraction of sp³-hybridized carbons (Fsp3) is 0.538. The van der Waals surface area contributed by atoms with E-state index in [1.807, 2.05) is 12.1 Å². The van der Waals surface area contributed by atoms with Crippen LogP contribution in [0.2, 0.25) is 0 Å². The third-order valence-corrected chi connectivity index (χ3v) is 3.54. The maximum Gasteiger partial charge on any atom is 0.128 e. The van der Waals surface area contributed by atoms with Gasteiger partial charge < -0.3 is 10.6 Å². The molecule has 1 fully saturated rings. The van der Waals surface area contributed by atoms with Gasteiger partial charge in [-0.1, -0.05) is 19.3 Å². The summed E-state index contributed by atoms with van der Waals surface area (Å²) in [5.41, 5.74) is 6.10. The summed E-state index contributed by atoms with van der Waals surface area (Å²) in [4.78, 5) is 6.63. The minimum atomic E-state index is 0.0735. The summed E-state index contributed by atoms with van der Waals surface area (Å²) in [5.74, 6) is 1.05. The van der Waals surface area contributed by atoms with Crippen LogP contribution in [0.4, 0.5) is 5.82 Å². The summed E-state index contributed by atoms with van der Waals surface area (Å²) in [6.45, 7) is 0. The molecular formula is C13H20N4. The molecule has 0 amide bonds. The maximum absolute atomic E-state index is 7.33. The van der Waals surface area contributed by atoms with Crippen LogP contribution >= 0.6 is 0 Å². The molecule has 4 heteroatoms. The second kappa shape index (κ2) is 5.17. The number of nitrogen functional groups attached to an aromatic ring is 1. The number of hydrogen-bond acceptors (Lipinski definition) is 3. The molecule has 1 saturated carbocycles. The fourth-order valence-electron chi connectivity index (χ4n) is 2.41. The Bertz CT molecular complexity index is 379. The molecule has 0 atom stereocenters. The van der Waals surface area contributed by atoms with Crippen molar-refractivity contribution in [2.24, 2.45) is 5.73 Å². The van der Waals surface area contributed by atoms with Crippen molar-refractivity contribution < 1.29 is 0 Å². The number of aromatic nitrogens is 1. The van der Waals surface area contributed by atoms with Crippen molar-refractivity contribution in [3.63, 3.8) is 0 Å². The van der Waals surface area contributed by atoms with Crippen molar-refractivity contribution in [1.82, 2.24) is 4.98 Å². The largest absolute Gasteiger partial charge is 0.384 e. The quantitative estimate of drug-likeness (QED) is 0.620. The van der Waals surface area contributed by atoms with Crippen molar-refractivity contribution in [3.8, 4) is 0 Å². The summed E-state index contributed by atoms with van der Waals surface area (Å²) in [6, 6.07) is 4.43. The molecular weight excluding hydrogens is 212 g/mol. The fourth-order valence-corrected chi connectivity index (χ4v) is 2.41. The number of hydrogen-bond donors (Lipinski definition) is 2. The highest BCUT2D eigenvalue weighted by molar-refractivity contribution is 5.94. The molecule has 0 aliphatic heterocycles. The molecule has 2 rings (SSSR count). The number of anilines is 1. The van der Waals surface area contributed by atoms with E-state index in [-0.39, 0.29) is 5.84 Å². The second-order valence-electron chi connectivity index (χ2n) is 4.72. The van der Waals surface area contributed by atoms with Crippen molar-refractivity contribution in [2.75, 3.05) is 11.9 Å². The van der Waals surface area contributed by atoms with Gasteiger partial charge in [-0.2, -0.15) is 0 Å². The van der Waals surface area contributed by atoms with E-state index in [1.54, 1.807) is 6.20 Å². The van der Waals surface area contributed by atoms with Crippen molar-refractivity contribution >= 4 is 11.7 Å². The first-order chi connectivity index (χ1) is 8.18. The molecule has 0 saturated heterocycles. The lowest BCUT2D eigenvalue weighted by atomic mass is 9.94. The van der Waals surface area contributed by atoms with Gasteiger partial charge in [-0.25, -0.2) is 4.98 Å². The first-order valence-electron chi connectivity index (χ1n) is 6.22. The van der Waals surface area contributed by atoms with Gasteiger partial charge in [-0.15, -0.1) is 0 Å². The topological polar surface area (TPSA) is 66.0 Å². The van der Waals surface area contributed by atoms with Crippen LogP contribution in [0.3, 0.4) is 0 Å². The normalized spacial score (nSPS) is 16.8. The molecule has 1 aliphatic rings. The van der Waals surface area contributed by atoms with E-state index in [0.29, 0.717) is 11.6 Å². The van der Waals surface area contributed by atoms with Crippen molar-refractivity contribution in [2.45, 2.75) is 38.1 Å². The van der Waals surface area contributed by atoms with Gasteiger partial charge in [0.25, 0.3) is 0 Å². The molecule has 1 heterocycles. The number of nitrogens with two attached hydrogens (primary N) is 1. The van der Waals surface area contributed by atoms with Gasteiger partial charge in [-0.05, 0) is 25.0 Å². The molecule has 1 aromatic heterocycles. The van der Waals surface area contributed by atoms with Crippen LogP contribution in [-0.2, 0) is 0 Å². The zero-order chi connectivity index (χ0) is 12.3. The molecule has 1 aliphatic carbocycles. The number of amidine groups is 1. The monoisotopic (exact) mass is 232 g/mol. The Morgan fingerprint density at radius 3 is 2.59 bits per heavy atom. The van der Waals surface area contributed by atoms with E-state index in [2.05, 4.69) is 16.9 Å². The van der Waals surface area contributed by atoms with Crippen LogP contribution in [0.15, 0.2) is 18.3 Å². The van der Waals surface area contributed by atoms with Crippen LogP contribution in [0, 0.1) is 5.41 Å². The Kier molecular flexibility index (Phi) is 3.61. The highest BCUT2D eigenvalue weighted by Crippen LogP contribution is 2.24. The average Bonchev–Trinajstić information content (AvgIpc) is 2.39. The van der Waals surface area contributed by atoms with Crippen LogP contribution < -0.4 is 10.6 Å². The van der Waals surface area contributed by atoms with E-state index in [9.17, 15) is 0 Å². The maximum atomic E-state index is 7.33. The molecule has 0 spiro atoms. The van der Waals surface area contributed by atoms with E-state index >= 15 is 0 Å². The molecule has 0 aromatic carbocycles. The SMILES string of the molecule is CN(c1ccc(C(=N)N)cn1)C1CCCCC1. The number of nitrogens with zero attached hydrogens (tertiary/aromatic N) is 2. The molecule has 0 unspecified atom stereocenters. The Morgan fingerprint density at radius 2 is 2.06 bits per heavy atom. The van der Waals surface area contributed by atoms with Gasteiger partial charge in [0.15, 0.2) is 0 Å². The Balaban J connectivity index is 2.07. The van der Waals surface area contributed by atoms with Gasteiger partial charge >= 0.3 is 0 Å². The summed E-state index contributed by atoms with van der Waals surface area (Å²) in [7, 11) is 2.10. The third kappa shape index (κ3) is 2.75. The summed E-state index contributed by atoms with van der Waals surface area (Å²) < 4.78 is 0. The number of nitrogens with one attached hydrogen (secondary N) is 1. The van der Waals surface area contributed by atoms with Crippen LogP contribution in [0.5, 0.6) is 0 Å². The first-order valence-corrected chi connectivity index (χ1v) is 6.22. The van der Waals surface area contributed by atoms with E-state index in [0.717, 1.165) is 5.82 Å². The average molecular weight is 232 g/mol. The summed E-state index contributed by atoms with van der Waals surface area (Å²) in [5, 5.41) is 7.33. The molecule has 3 N–H and O–H groups in total. The zero-order valence-electron chi connectivity index (χ0n) is 10.3. The van der Waals surface area contributed by atoms with Gasteiger partial charge in [0.1, 0.15) is 11.7 Å². The van der Waals surface area contributed by atoms with Gasteiger partial charge in [0.05, 0.1) is 0 Å². The first kappa shape index (κ1) is 11.9. The van der Waals surface area contributed by atoms with Gasteiger partial charge in [-0.3, -0.25) is 5.41 Å². The minimum absolute atomic E-state index is 0.0735. The molecule has 4 nitrogen and oxygen atoms in total. The molecule has 1 aromatic rings. The van der Waals surface area contributed by atoms with Gasteiger partial charge in [0, 0.05) is 24.8 Å². The minimum Gasteiger partial charge on any atom is -0.384 e. The number of pyridine rings is 1. The third-order valence-electron chi connectivity index (χ3n) is 3.54. The van der Waals surface area contributed by atoms with Crippen LogP contribution in [0.1, 0.15) is 37.7 Å². The number of rotatable bonds is 3. The predicted molar refractivity (Wildman–Crippen MR) is 70.5 cm³/mol. The Labute approximate surface area is 102 Å². The summed E-state index contributed by atoms with van der Waals surface area (Å²) in [6.07, 6.45) is 8.19. The van der Waals surface area contributed by atoms with Crippen LogP contribution in [-0.4, -0.2) is 23.9 Å². The molecule has 92 valence electrons. The van der Waals surface area contributed by atoms with E-state index in [4.69, 9.17) is 11.1 Å². The molecule has 17 heavy (non-hydrogen) atoms. The highest BCUT2D eigenvalue weighted by atomic mass is 15.2. The molecule has 0 bridgehead atoms. The zero-order valence-corrected chi connectivity index (χ0v) is 10.3. The van der Waals surface area contributed by atoms with Crippen molar-refractivity contribution in [3.05, 3.63) is 23.9 Å². The van der Waals surface area contributed by atoms with Crippen molar-refractivity contribution in [1.29, 1.82) is 5.41 Å². The lowest BCUT2D eigenvalue weighted by Gasteiger charge is -2.32. The van der Waals surface area contributed by atoms with Crippen LogP contribution in [0.25, 0.3) is 0 Å². The van der Waals surface area contributed by atoms with E-state index < -0.39 is 0 Å². The van der Waals surface area contributed by atoms with Gasteiger partial charge in [0.2, 0.25) is 0 Å². The highest BCUT2D eigenvalue weighted by Gasteiger charge is 2.18. The Morgan fingerprint density at radius 1 is 1.35 bits per heavy atom. The Hall–Kier alpha value is -1.58. The second-order valence-corrected chi connectivity index (χ2v) is 4.72.